The maximum Gasteiger partial charge on any atom is 0.115 e. The van der Waals surface area contributed by atoms with Crippen molar-refractivity contribution in [3.63, 3.8) is 0 Å². The van der Waals surface area contributed by atoms with Crippen LogP contribution >= 0.6 is 0 Å². The molecule has 130 valence electrons. The van der Waals surface area contributed by atoms with Crippen molar-refractivity contribution in [3.05, 3.63) is 40.5 Å². The molecule has 2 fully saturated rings. The second-order valence-electron chi connectivity index (χ2n) is 8.80. The molecule has 0 aliphatic heterocycles. The van der Waals surface area contributed by atoms with Gasteiger partial charge in [-0.2, -0.15) is 0 Å². The molecule has 4 atom stereocenters. The summed E-state index contributed by atoms with van der Waals surface area (Å²) >= 11 is 0. The fourth-order valence-electron chi connectivity index (χ4n) is 6.61. The first-order chi connectivity index (χ1) is 11.5. The Morgan fingerprint density at radius 1 is 1.21 bits per heavy atom. The van der Waals surface area contributed by atoms with Crippen LogP contribution in [0.15, 0.2) is 29.3 Å². The summed E-state index contributed by atoms with van der Waals surface area (Å²) in [6.07, 6.45) is 10.5. The Morgan fingerprint density at radius 2 is 2.04 bits per heavy atom. The number of phenolic OH excluding ortho intramolecular Hbond substituents is 1. The largest absolute Gasteiger partial charge is 0.508 e. The van der Waals surface area contributed by atoms with E-state index in [2.05, 4.69) is 26.8 Å². The van der Waals surface area contributed by atoms with Crippen LogP contribution in [0.25, 0.3) is 0 Å². The fraction of sp³-hybridized carbons (Fsp3) is 0.652. The molecule has 4 rings (SSSR count). The van der Waals surface area contributed by atoms with Gasteiger partial charge in [-0.1, -0.05) is 37.5 Å². The van der Waals surface area contributed by atoms with Crippen molar-refractivity contribution in [1.82, 2.24) is 0 Å². The smallest absolute Gasteiger partial charge is 0.115 e. The van der Waals surface area contributed by atoms with E-state index in [1.54, 1.807) is 11.1 Å². The maximum absolute atomic E-state index is 9.82. The van der Waals surface area contributed by atoms with Crippen LogP contribution in [-0.4, -0.2) is 5.11 Å². The Hall–Kier alpha value is -1.24. The molecule has 1 N–H and O–H groups in total. The lowest BCUT2D eigenvalue weighted by Crippen LogP contribution is -2.40. The topological polar surface area (TPSA) is 20.2 Å². The molecule has 0 spiro atoms. The summed E-state index contributed by atoms with van der Waals surface area (Å²) in [5.74, 6) is 2.90. The van der Waals surface area contributed by atoms with Crippen molar-refractivity contribution in [2.75, 3.05) is 0 Å². The molecule has 0 saturated heterocycles. The first-order valence-electron chi connectivity index (χ1n) is 10.1. The van der Waals surface area contributed by atoms with Gasteiger partial charge in [0.2, 0.25) is 0 Å². The molecule has 24 heavy (non-hydrogen) atoms. The highest BCUT2D eigenvalue weighted by atomic mass is 16.3. The van der Waals surface area contributed by atoms with Crippen molar-refractivity contribution < 1.29 is 5.11 Å². The third kappa shape index (κ3) is 2.35. The van der Waals surface area contributed by atoms with Crippen LogP contribution in [0.5, 0.6) is 5.75 Å². The zero-order valence-corrected chi connectivity index (χ0v) is 15.6. The zero-order valence-electron chi connectivity index (χ0n) is 15.6. The molecule has 0 radical (unpaired) electrons. The number of rotatable bonds is 2. The van der Waals surface area contributed by atoms with Crippen LogP contribution < -0.4 is 0 Å². The van der Waals surface area contributed by atoms with E-state index in [0.29, 0.717) is 11.2 Å². The summed E-state index contributed by atoms with van der Waals surface area (Å²) in [5.41, 5.74) is 6.95. The fourth-order valence-corrected chi connectivity index (χ4v) is 6.61. The number of fused-ring (bicyclic) bond motifs is 5. The summed E-state index contributed by atoms with van der Waals surface area (Å²) in [6, 6.07) is 6.14. The molecule has 0 aromatic heterocycles. The number of phenols is 1. The van der Waals surface area contributed by atoms with E-state index in [1.165, 1.54) is 50.5 Å². The van der Waals surface area contributed by atoms with Crippen LogP contribution in [0.3, 0.4) is 0 Å². The Kier molecular flexibility index (Phi) is 4.01. The summed E-state index contributed by atoms with van der Waals surface area (Å²) in [5, 5.41) is 9.82. The zero-order chi connectivity index (χ0) is 16.9. The number of benzene rings is 1. The van der Waals surface area contributed by atoms with Crippen molar-refractivity contribution >= 4 is 0 Å². The molecule has 1 aromatic rings. The van der Waals surface area contributed by atoms with Gasteiger partial charge in [0.1, 0.15) is 5.75 Å². The minimum atomic E-state index is 0.439. The van der Waals surface area contributed by atoms with Gasteiger partial charge in [0, 0.05) is 0 Å². The van der Waals surface area contributed by atoms with E-state index in [1.807, 2.05) is 17.7 Å². The lowest BCUT2D eigenvalue weighted by Gasteiger charge is -2.50. The number of hydrogen-bond donors (Lipinski definition) is 1. The van der Waals surface area contributed by atoms with Crippen LogP contribution in [0, 0.1) is 17.3 Å². The molecular weight excluding hydrogens is 292 g/mol. The number of allylic oxidation sites excluding steroid dienone is 2. The number of hydrogen-bond acceptors (Lipinski definition) is 1. The van der Waals surface area contributed by atoms with Gasteiger partial charge in [0.05, 0.1) is 0 Å². The molecule has 0 unspecified atom stereocenters. The summed E-state index contributed by atoms with van der Waals surface area (Å²) < 4.78 is 0. The van der Waals surface area contributed by atoms with Gasteiger partial charge in [-0.15, -0.1) is 0 Å². The predicted molar refractivity (Wildman–Crippen MR) is 100 cm³/mol. The first-order valence-corrected chi connectivity index (χ1v) is 10.1. The van der Waals surface area contributed by atoms with Gasteiger partial charge >= 0.3 is 0 Å². The minimum Gasteiger partial charge on any atom is -0.508 e. The van der Waals surface area contributed by atoms with Crippen molar-refractivity contribution in [2.45, 2.75) is 78.1 Å². The summed E-state index contributed by atoms with van der Waals surface area (Å²) in [6.45, 7) is 7.29. The second-order valence-corrected chi connectivity index (χ2v) is 8.80. The maximum atomic E-state index is 9.82. The quantitative estimate of drug-likeness (QED) is 0.627. The lowest BCUT2D eigenvalue weighted by molar-refractivity contribution is 0.0807. The van der Waals surface area contributed by atoms with Crippen LogP contribution in [0.2, 0.25) is 0 Å². The highest BCUT2D eigenvalue weighted by Crippen LogP contribution is 2.63. The van der Waals surface area contributed by atoms with Gasteiger partial charge in [-0.25, -0.2) is 0 Å². The van der Waals surface area contributed by atoms with E-state index in [4.69, 9.17) is 0 Å². The predicted octanol–water partition coefficient (Wildman–Crippen LogP) is 6.36. The molecule has 0 amide bonds. The number of aromatic hydroxyl groups is 1. The summed E-state index contributed by atoms with van der Waals surface area (Å²) in [7, 11) is 0. The molecular formula is C23H32O. The molecule has 1 aromatic carbocycles. The van der Waals surface area contributed by atoms with Gasteiger partial charge in [-0.05, 0) is 98.3 Å². The highest BCUT2D eigenvalue weighted by molar-refractivity contribution is 5.41. The van der Waals surface area contributed by atoms with Crippen molar-refractivity contribution in [2.24, 2.45) is 17.3 Å². The normalized spacial score (nSPS) is 36.7. The van der Waals surface area contributed by atoms with Crippen molar-refractivity contribution in [3.8, 4) is 5.75 Å². The van der Waals surface area contributed by atoms with Crippen LogP contribution in [0.1, 0.15) is 82.8 Å². The second kappa shape index (κ2) is 5.93. The van der Waals surface area contributed by atoms with Crippen LogP contribution in [-0.2, 0) is 6.42 Å². The molecule has 1 heteroatoms. The molecule has 1 nitrogen and oxygen atoms in total. The molecule has 2 saturated carbocycles. The van der Waals surface area contributed by atoms with Crippen LogP contribution in [0.4, 0.5) is 0 Å². The van der Waals surface area contributed by atoms with E-state index in [-0.39, 0.29) is 0 Å². The summed E-state index contributed by atoms with van der Waals surface area (Å²) in [4.78, 5) is 0. The van der Waals surface area contributed by atoms with Gasteiger partial charge in [0.25, 0.3) is 0 Å². The highest BCUT2D eigenvalue weighted by Gasteiger charge is 2.52. The Labute approximate surface area is 147 Å². The third-order valence-electron chi connectivity index (χ3n) is 7.63. The number of aryl methyl sites for hydroxylation is 1. The average Bonchev–Trinajstić information content (AvgIpc) is 2.92. The Balaban J connectivity index is 1.67. The monoisotopic (exact) mass is 324 g/mol. The molecule has 0 heterocycles. The van der Waals surface area contributed by atoms with Gasteiger partial charge in [0.15, 0.2) is 0 Å². The standard InChI is InChI=1S/C23H32O/c1-4-5-15(2)21-10-11-22-20-8-6-16-14-17(24)7-9-18(16)19(20)12-13-23(21,22)3/h7,9,14,19-20,22,24H,4-6,8,10-13H2,1-3H3/t19-,20-,22+,23-/m1/s1. The Morgan fingerprint density at radius 3 is 2.83 bits per heavy atom. The molecule has 3 aliphatic carbocycles. The van der Waals surface area contributed by atoms with Crippen molar-refractivity contribution in [1.29, 1.82) is 0 Å². The van der Waals surface area contributed by atoms with Gasteiger partial charge in [-0.3, -0.25) is 0 Å². The minimum absolute atomic E-state index is 0.439. The lowest BCUT2D eigenvalue weighted by atomic mass is 9.55. The third-order valence-corrected chi connectivity index (χ3v) is 7.63. The van der Waals surface area contributed by atoms with Gasteiger partial charge < -0.3 is 5.11 Å². The molecule has 0 bridgehead atoms. The van der Waals surface area contributed by atoms with E-state index in [0.717, 1.165) is 24.2 Å². The SMILES string of the molecule is CCCC(C)=C1CC[C@H]2[C@@H]3CCc4cc(O)ccc4[C@H]3CC[C@]12C. The first kappa shape index (κ1) is 16.2. The van der Waals surface area contributed by atoms with E-state index < -0.39 is 0 Å². The Bertz CT molecular complexity index is 671. The molecule has 3 aliphatic rings. The average molecular weight is 325 g/mol. The van der Waals surface area contributed by atoms with E-state index >= 15 is 0 Å². The van der Waals surface area contributed by atoms with E-state index in [9.17, 15) is 5.11 Å².